The molecule has 3 aromatic carbocycles. The van der Waals surface area contributed by atoms with Crippen molar-refractivity contribution in [3.63, 3.8) is 0 Å². The van der Waals surface area contributed by atoms with Crippen molar-refractivity contribution in [1.29, 1.82) is 0 Å². The molecule has 204 valence electrons. The van der Waals surface area contributed by atoms with Gasteiger partial charge in [-0.1, -0.05) is 80.8 Å². The van der Waals surface area contributed by atoms with Gasteiger partial charge in [0, 0.05) is 15.1 Å². The minimum Gasteiger partial charge on any atom is -0.488 e. The van der Waals surface area contributed by atoms with Gasteiger partial charge in [0.15, 0.2) is 4.80 Å². The fourth-order valence-electron chi connectivity index (χ4n) is 4.55. The maximum Gasteiger partial charge on any atom is 0.338 e. The molecule has 4 aromatic rings. The van der Waals surface area contributed by atoms with E-state index < -0.39 is 12.0 Å². The van der Waals surface area contributed by atoms with E-state index in [-0.39, 0.29) is 12.2 Å². The van der Waals surface area contributed by atoms with Crippen molar-refractivity contribution in [3.05, 3.63) is 129 Å². The Morgan fingerprint density at radius 1 is 1.12 bits per heavy atom. The highest BCUT2D eigenvalue weighted by Gasteiger charge is 2.33. The second-order valence-electron chi connectivity index (χ2n) is 9.31. The summed E-state index contributed by atoms with van der Waals surface area (Å²) in [7, 11) is 0. The van der Waals surface area contributed by atoms with E-state index in [2.05, 4.69) is 20.9 Å². The predicted octanol–water partition coefficient (Wildman–Crippen LogP) is 6.10. The number of carbonyl (C=O) groups excluding carboxylic acids is 1. The number of nitrogens with zero attached hydrogens (tertiary/aromatic N) is 2. The number of hydrogen-bond acceptors (Lipinski definition) is 6. The summed E-state index contributed by atoms with van der Waals surface area (Å²) in [6.45, 7) is 6.07. The lowest BCUT2D eigenvalue weighted by Crippen LogP contribution is -2.39. The molecule has 5 rings (SSSR count). The number of benzene rings is 3. The third-order valence-electron chi connectivity index (χ3n) is 6.45. The van der Waals surface area contributed by atoms with Crippen LogP contribution in [0.1, 0.15) is 42.1 Å². The smallest absolute Gasteiger partial charge is 0.338 e. The van der Waals surface area contributed by atoms with Crippen molar-refractivity contribution in [1.82, 2.24) is 4.57 Å². The van der Waals surface area contributed by atoms with Crippen LogP contribution >= 0.6 is 38.9 Å². The Morgan fingerprint density at radius 3 is 2.62 bits per heavy atom. The first-order valence-electron chi connectivity index (χ1n) is 12.7. The Balaban J connectivity index is 1.62. The third-order valence-corrected chi connectivity index (χ3v) is 8.16. The lowest BCUT2D eigenvalue weighted by molar-refractivity contribution is -0.139. The monoisotopic (exact) mass is 636 g/mol. The van der Waals surface area contributed by atoms with E-state index in [0.29, 0.717) is 38.0 Å². The Morgan fingerprint density at radius 2 is 1.90 bits per heavy atom. The zero-order valence-corrected chi connectivity index (χ0v) is 25.3. The maximum atomic E-state index is 14.0. The average molecular weight is 638 g/mol. The average Bonchev–Trinajstić information content (AvgIpc) is 3.22. The van der Waals surface area contributed by atoms with Crippen LogP contribution in [0, 0.1) is 6.92 Å². The topological polar surface area (TPSA) is 69.9 Å². The SMILES string of the molecule is CCOC(=O)C1=C(C)N=c2s/c(=C\c3cc(Br)ccc3OCc3cccc(Cl)c3)c(=O)n2[C@H]1c1ccc(C)cc1. The van der Waals surface area contributed by atoms with Crippen LogP contribution in [0.15, 0.2) is 92.3 Å². The molecule has 1 atom stereocenters. The normalized spacial score (nSPS) is 15.0. The standard InChI is InChI=1S/C31H26BrClN2O4S/c1-4-38-30(37)27-19(3)34-31-35(28(27)21-10-8-18(2)9-11-21)29(36)26(40-31)16-22-15-23(32)12-13-25(22)39-17-20-6-5-7-24(33)14-20/h5-16,28H,4,17H2,1-3H3/b26-16-/t28-/m0/s1. The molecule has 0 fully saturated rings. The number of halogens is 2. The number of hydrogen-bond donors (Lipinski definition) is 0. The van der Waals surface area contributed by atoms with Gasteiger partial charge in [-0.3, -0.25) is 9.36 Å². The van der Waals surface area contributed by atoms with Gasteiger partial charge in [-0.25, -0.2) is 9.79 Å². The van der Waals surface area contributed by atoms with Gasteiger partial charge < -0.3 is 9.47 Å². The number of esters is 1. The number of aryl methyl sites for hydroxylation is 1. The maximum absolute atomic E-state index is 14.0. The highest BCUT2D eigenvalue weighted by atomic mass is 79.9. The van der Waals surface area contributed by atoms with Crippen molar-refractivity contribution < 1.29 is 14.3 Å². The summed E-state index contributed by atoms with van der Waals surface area (Å²) in [5, 5.41) is 0.638. The summed E-state index contributed by atoms with van der Waals surface area (Å²) < 4.78 is 14.4. The van der Waals surface area contributed by atoms with E-state index in [1.54, 1.807) is 24.5 Å². The van der Waals surface area contributed by atoms with Gasteiger partial charge in [-0.05, 0) is 68.3 Å². The van der Waals surface area contributed by atoms with Gasteiger partial charge in [-0.15, -0.1) is 0 Å². The minimum absolute atomic E-state index is 0.224. The van der Waals surface area contributed by atoms with Crippen LogP contribution in [0.25, 0.3) is 6.08 Å². The molecule has 0 bridgehead atoms. The van der Waals surface area contributed by atoms with Crippen molar-refractivity contribution in [2.24, 2.45) is 4.99 Å². The Labute approximate surface area is 249 Å². The number of ether oxygens (including phenoxy) is 2. The van der Waals surface area contributed by atoms with E-state index in [1.807, 2.05) is 73.7 Å². The van der Waals surface area contributed by atoms with Gasteiger partial charge in [0.2, 0.25) is 0 Å². The van der Waals surface area contributed by atoms with Crippen molar-refractivity contribution in [2.45, 2.75) is 33.4 Å². The summed E-state index contributed by atoms with van der Waals surface area (Å²) in [4.78, 5) is 32.2. The molecule has 2 heterocycles. The lowest BCUT2D eigenvalue weighted by Gasteiger charge is -2.24. The minimum atomic E-state index is -0.654. The molecule has 40 heavy (non-hydrogen) atoms. The quantitative estimate of drug-likeness (QED) is 0.230. The molecule has 6 nitrogen and oxygen atoms in total. The van der Waals surface area contributed by atoms with Gasteiger partial charge >= 0.3 is 5.97 Å². The van der Waals surface area contributed by atoms with E-state index in [4.69, 9.17) is 21.1 Å². The number of allylic oxidation sites excluding steroid dienone is 1. The zero-order chi connectivity index (χ0) is 28.4. The van der Waals surface area contributed by atoms with E-state index >= 15 is 0 Å². The molecule has 0 amide bonds. The van der Waals surface area contributed by atoms with Gasteiger partial charge in [0.05, 0.1) is 28.5 Å². The van der Waals surface area contributed by atoms with Crippen LogP contribution in [0.3, 0.4) is 0 Å². The van der Waals surface area contributed by atoms with E-state index in [1.165, 1.54) is 11.3 Å². The molecule has 1 aliphatic rings. The molecule has 1 aromatic heterocycles. The third kappa shape index (κ3) is 5.84. The highest BCUT2D eigenvalue weighted by molar-refractivity contribution is 9.10. The molecule has 0 unspecified atom stereocenters. The molecule has 9 heteroatoms. The van der Waals surface area contributed by atoms with Crippen LogP contribution in [-0.2, 0) is 16.1 Å². The van der Waals surface area contributed by atoms with Crippen LogP contribution in [-0.4, -0.2) is 17.1 Å². The zero-order valence-electron chi connectivity index (χ0n) is 22.1. The fourth-order valence-corrected chi connectivity index (χ4v) is 6.18. The van der Waals surface area contributed by atoms with Gasteiger partial charge in [-0.2, -0.15) is 0 Å². The fraction of sp³-hybridized carbons (Fsp3) is 0.194. The summed E-state index contributed by atoms with van der Waals surface area (Å²) in [5.41, 5.74) is 4.20. The summed E-state index contributed by atoms with van der Waals surface area (Å²) in [6.07, 6.45) is 1.80. The molecular formula is C31H26BrClN2O4S. The van der Waals surface area contributed by atoms with Crippen LogP contribution in [0.2, 0.25) is 5.02 Å². The summed E-state index contributed by atoms with van der Waals surface area (Å²) >= 11 is 10.9. The Kier molecular flexibility index (Phi) is 8.40. The molecule has 1 aliphatic heterocycles. The number of thiazole rings is 1. The second-order valence-corrected chi connectivity index (χ2v) is 11.7. The van der Waals surface area contributed by atoms with E-state index in [9.17, 15) is 9.59 Å². The number of fused-ring (bicyclic) bond motifs is 1. The van der Waals surface area contributed by atoms with Crippen molar-refractivity contribution in [2.75, 3.05) is 6.61 Å². The summed E-state index contributed by atoms with van der Waals surface area (Å²) in [6, 6.07) is 20.3. The second kappa shape index (κ2) is 12.0. The molecule has 0 N–H and O–H groups in total. The predicted molar refractivity (Wildman–Crippen MR) is 162 cm³/mol. The highest BCUT2D eigenvalue weighted by Crippen LogP contribution is 2.31. The first-order chi connectivity index (χ1) is 19.2. The Hall–Kier alpha value is -3.46. The van der Waals surface area contributed by atoms with Crippen LogP contribution in [0.4, 0.5) is 0 Å². The first-order valence-corrected chi connectivity index (χ1v) is 14.7. The van der Waals surface area contributed by atoms with Crippen molar-refractivity contribution in [3.8, 4) is 5.75 Å². The molecule has 0 aliphatic carbocycles. The molecule has 0 radical (unpaired) electrons. The summed E-state index contributed by atoms with van der Waals surface area (Å²) in [5.74, 6) is 0.139. The largest absolute Gasteiger partial charge is 0.488 e. The van der Waals surface area contributed by atoms with Crippen LogP contribution in [0.5, 0.6) is 5.75 Å². The molecular weight excluding hydrogens is 612 g/mol. The number of rotatable bonds is 7. The first kappa shape index (κ1) is 28.1. The van der Waals surface area contributed by atoms with E-state index in [0.717, 1.165) is 26.7 Å². The lowest BCUT2D eigenvalue weighted by atomic mass is 9.95. The van der Waals surface area contributed by atoms with Gasteiger partial charge in [0.25, 0.3) is 5.56 Å². The van der Waals surface area contributed by atoms with Gasteiger partial charge in [0.1, 0.15) is 12.4 Å². The number of carbonyl (C=O) groups is 1. The molecule has 0 saturated carbocycles. The van der Waals surface area contributed by atoms with Crippen LogP contribution < -0.4 is 19.6 Å². The molecule has 0 saturated heterocycles. The molecule has 0 spiro atoms. The number of aromatic nitrogens is 1. The Bertz CT molecular complexity index is 1810. The van der Waals surface area contributed by atoms with Crippen molar-refractivity contribution >= 4 is 50.9 Å².